The fourth-order valence-corrected chi connectivity index (χ4v) is 13.5. The summed E-state index contributed by atoms with van der Waals surface area (Å²) in [4.78, 5) is 72.8. The highest BCUT2D eigenvalue weighted by molar-refractivity contribution is 7.47. The molecular formula is C78H152O17P2. The lowest BCUT2D eigenvalue weighted by molar-refractivity contribution is -0.161. The first-order valence-electron chi connectivity index (χ1n) is 40.4. The molecule has 0 bridgehead atoms. The van der Waals surface area contributed by atoms with Gasteiger partial charge < -0.3 is 33.8 Å². The van der Waals surface area contributed by atoms with Crippen LogP contribution in [0.2, 0.25) is 0 Å². The van der Waals surface area contributed by atoms with Crippen molar-refractivity contribution in [2.24, 2.45) is 17.8 Å². The predicted molar refractivity (Wildman–Crippen MR) is 395 cm³/mol. The van der Waals surface area contributed by atoms with Crippen molar-refractivity contribution < 1.29 is 80.2 Å². The van der Waals surface area contributed by atoms with Crippen LogP contribution in [0.15, 0.2) is 0 Å². The van der Waals surface area contributed by atoms with Crippen molar-refractivity contribution in [2.75, 3.05) is 39.6 Å². The average Bonchev–Trinajstić information content (AvgIpc) is 1.49. The third kappa shape index (κ3) is 70.9. The first kappa shape index (κ1) is 95.1. The minimum absolute atomic E-state index is 0.106. The molecular weight excluding hydrogens is 1270 g/mol. The van der Waals surface area contributed by atoms with E-state index in [9.17, 15) is 43.2 Å². The van der Waals surface area contributed by atoms with Crippen LogP contribution in [0, 0.1) is 17.8 Å². The molecule has 17 nitrogen and oxygen atoms in total. The fraction of sp³-hybridized carbons (Fsp3) is 0.949. The third-order valence-electron chi connectivity index (χ3n) is 18.5. The standard InChI is InChI=1S/C78H152O17P2/c1-8-10-11-12-13-38-45-52-59-75(80)88-65-73(94-78(83)62-55-48-41-34-28-27-30-36-43-50-57-70(5)6)67-92-96(84,85)90-63-72(79)64-91-97(86,87)93-68-74(66-89-76(81)60-53-46-39-32-26-22-23-29-35-42-49-56-69(3)4)95-77(82)61-54-47-40-33-25-21-19-17-15-14-16-18-20-24-31-37-44-51-58-71(7)9-2/h69-74,79H,8-68H2,1-7H3,(H,84,85)(H,86,87)/t71?,72-,73+,74+/m0/s1. The number of unbranched alkanes of at least 4 members (excludes halogenated alkanes) is 43. The topological polar surface area (TPSA) is 237 Å². The zero-order chi connectivity index (χ0) is 71.6. The molecule has 0 aromatic heterocycles. The Bertz CT molecular complexity index is 1890. The van der Waals surface area contributed by atoms with E-state index in [1.54, 1.807) is 0 Å². The van der Waals surface area contributed by atoms with Gasteiger partial charge in [0.1, 0.15) is 19.3 Å². The van der Waals surface area contributed by atoms with E-state index >= 15 is 0 Å². The first-order valence-corrected chi connectivity index (χ1v) is 43.4. The van der Waals surface area contributed by atoms with E-state index in [1.165, 1.54) is 205 Å². The number of aliphatic hydroxyl groups is 1. The lowest BCUT2D eigenvalue weighted by Crippen LogP contribution is -2.30. The number of aliphatic hydroxyl groups excluding tert-OH is 1. The Balaban J connectivity index is 5.18. The molecule has 0 fully saturated rings. The van der Waals surface area contributed by atoms with Crippen LogP contribution in [0.1, 0.15) is 402 Å². The van der Waals surface area contributed by atoms with E-state index in [0.29, 0.717) is 25.7 Å². The van der Waals surface area contributed by atoms with Crippen LogP contribution < -0.4 is 0 Å². The molecule has 0 heterocycles. The van der Waals surface area contributed by atoms with Crippen LogP contribution in [-0.4, -0.2) is 96.7 Å². The molecule has 0 aliphatic heterocycles. The Morgan fingerprint density at radius 3 is 0.784 bits per heavy atom. The Kier molecular flexibility index (Phi) is 67.1. The van der Waals surface area contributed by atoms with Crippen molar-refractivity contribution in [3.8, 4) is 0 Å². The summed E-state index contributed by atoms with van der Waals surface area (Å²) in [5, 5.41) is 10.6. The van der Waals surface area contributed by atoms with Gasteiger partial charge in [0, 0.05) is 25.7 Å². The summed E-state index contributed by atoms with van der Waals surface area (Å²) in [7, 11) is -9.91. The van der Waals surface area contributed by atoms with Crippen molar-refractivity contribution in [1.82, 2.24) is 0 Å². The monoisotopic (exact) mass is 1420 g/mol. The lowest BCUT2D eigenvalue weighted by atomic mass is 9.99. The number of hydrogen-bond donors (Lipinski definition) is 3. The zero-order valence-corrected chi connectivity index (χ0v) is 65.3. The molecule has 0 radical (unpaired) electrons. The minimum atomic E-state index is -4.96. The maximum atomic E-state index is 13.1. The normalized spacial score (nSPS) is 14.3. The molecule has 0 aromatic rings. The Labute approximate surface area is 594 Å². The Morgan fingerprint density at radius 2 is 0.526 bits per heavy atom. The number of ether oxygens (including phenoxy) is 4. The number of carbonyl (C=O) groups is 4. The van der Waals surface area contributed by atoms with Crippen LogP contribution in [0.4, 0.5) is 0 Å². The smallest absolute Gasteiger partial charge is 0.462 e. The molecule has 0 saturated heterocycles. The van der Waals surface area contributed by atoms with E-state index in [1.807, 2.05) is 0 Å². The summed E-state index contributed by atoms with van der Waals surface area (Å²) in [6, 6.07) is 0. The molecule has 0 spiro atoms. The van der Waals surface area contributed by atoms with Crippen LogP contribution in [0.25, 0.3) is 0 Å². The molecule has 0 aromatic carbocycles. The molecule has 97 heavy (non-hydrogen) atoms. The number of hydrogen-bond acceptors (Lipinski definition) is 15. The fourth-order valence-electron chi connectivity index (χ4n) is 11.9. The zero-order valence-electron chi connectivity index (χ0n) is 63.5. The molecule has 0 saturated carbocycles. The van der Waals surface area contributed by atoms with Gasteiger partial charge in [-0.1, -0.05) is 350 Å². The van der Waals surface area contributed by atoms with Gasteiger partial charge in [0.05, 0.1) is 26.4 Å². The van der Waals surface area contributed by atoms with Gasteiger partial charge in [-0.05, 0) is 43.4 Å². The van der Waals surface area contributed by atoms with Crippen LogP contribution >= 0.6 is 15.6 Å². The van der Waals surface area contributed by atoms with Crippen molar-refractivity contribution in [3.05, 3.63) is 0 Å². The Hall–Kier alpha value is -1.94. The van der Waals surface area contributed by atoms with Gasteiger partial charge in [-0.25, -0.2) is 9.13 Å². The first-order chi connectivity index (χ1) is 46.8. The van der Waals surface area contributed by atoms with E-state index in [2.05, 4.69) is 48.5 Å². The summed E-state index contributed by atoms with van der Waals surface area (Å²) < 4.78 is 68.5. The van der Waals surface area contributed by atoms with E-state index in [0.717, 1.165) is 114 Å². The highest BCUT2D eigenvalue weighted by Gasteiger charge is 2.30. The predicted octanol–water partition coefficient (Wildman–Crippen LogP) is 23.0. The van der Waals surface area contributed by atoms with Crippen molar-refractivity contribution in [3.63, 3.8) is 0 Å². The van der Waals surface area contributed by atoms with Crippen molar-refractivity contribution in [1.29, 1.82) is 0 Å². The molecule has 0 aliphatic rings. The van der Waals surface area contributed by atoms with Gasteiger partial charge in [-0.2, -0.15) is 0 Å². The molecule has 0 rings (SSSR count). The molecule has 3 N–H and O–H groups in total. The highest BCUT2D eigenvalue weighted by atomic mass is 31.2. The van der Waals surface area contributed by atoms with Gasteiger partial charge in [0.15, 0.2) is 12.2 Å². The van der Waals surface area contributed by atoms with Gasteiger partial charge >= 0.3 is 39.5 Å². The van der Waals surface area contributed by atoms with Gasteiger partial charge in [0.2, 0.25) is 0 Å². The number of rotatable bonds is 76. The number of phosphoric ester groups is 2. The second-order valence-electron chi connectivity index (χ2n) is 29.3. The number of esters is 4. The van der Waals surface area contributed by atoms with Crippen LogP contribution in [0.5, 0.6) is 0 Å². The van der Waals surface area contributed by atoms with Gasteiger partial charge in [-0.3, -0.25) is 37.3 Å². The molecule has 3 unspecified atom stereocenters. The molecule has 0 aliphatic carbocycles. The molecule has 576 valence electrons. The number of carbonyl (C=O) groups excluding carboxylic acids is 4. The van der Waals surface area contributed by atoms with Crippen LogP contribution in [0.3, 0.4) is 0 Å². The van der Waals surface area contributed by atoms with E-state index in [4.69, 9.17) is 37.0 Å². The maximum absolute atomic E-state index is 13.1. The quantitative estimate of drug-likeness (QED) is 0.0222. The molecule has 0 amide bonds. The summed E-state index contributed by atoms with van der Waals surface area (Å²) in [5.74, 6) is 0.276. The van der Waals surface area contributed by atoms with Crippen molar-refractivity contribution >= 4 is 39.5 Å². The average molecular weight is 1420 g/mol. The van der Waals surface area contributed by atoms with Crippen molar-refractivity contribution in [2.45, 2.75) is 420 Å². The van der Waals surface area contributed by atoms with E-state index < -0.39 is 97.5 Å². The summed E-state index contributed by atoms with van der Waals surface area (Å²) in [6.45, 7) is 11.9. The third-order valence-corrected chi connectivity index (χ3v) is 20.4. The Morgan fingerprint density at radius 1 is 0.299 bits per heavy atom. The molecule has 6 atom stereocenters. The second kappa shape index (κ2) is 68.5. The largest absolute Gasteiger partial charge is 0.472 e. The summed E-state index contributed by atoms with van der Waals surface area (Å²) in [6.07, 6.45) is 55.6. The molecule has 19 heteroatoms. The summed E-state index contributed by atoms with van der Waals surface area (Å²) >= 11 is 0. The van der Waals surface area contributed by atoms with Gasteiger partial charge in [0.25, 0.3) is 0 Å². The number of phosphoric acid groups is 2. The lowest BCUT2D eigenvalue weighted by Gasteiger charge is -2.21. The van der Waals surface area contributed by atoms with Crippen LogP contribution in [-0.2, 0) is 65.4 Å². The second-order valence-corrected chi connectivity index (χ2v) is 32.2. The van der Waals surface area contributed by atoms with Gasteiger partial charge in [-0.15, -0.1) is 0 Å². The maximum Gasteiger partial charge on any atom is 0.472 e. The minimum Gasteiger partial charge on any atom is -0.462 e. The summed E-state index contributed by atoms with van der Waals surface area (Å²) in [5.41, 5.74) is 0. The highest BCUT2D eigenvalue weighted by Crippen LogP contribution is 2.45. The van der Waals surface area contributed by atoms with E-state index in [-0.39, 0.29) is 25.7 Å². The SMILES string of the molecule is CCCCCCCCCCC(=O)OC[C@H](COP(=O)(O)OC[C@H](O)COP(=O)(O)OC[C@@H](COC(=O)CCCCCCCCCCCCCC(C)C)OC(=O)CCCCCCCCCCCCCCCCCCCCC(C)CC)OC(=O)CCCCCCCCCCCCC(C)C.